The zero-order chi connectivity index (χ0) is 30.1. The smallest absolute Gasteiger partial charge is 0.357 e. The fraction of sp³-hybridized carbons (Fsp3) is 0.226. The van der Waals surface area contributed by atoms with Crippen LogP contribution in [-0.4, -0.2) is 61.7 Å². The molecule has 0 atom stereocenters. The van der Waals surface area contributed by atoms with Crippen molar-refractivity contribution in [3.63, 3.8) is 0 Å². The minimum atomic E-state index is -0.767. The summed E-state index contributed by atoms with van der Waals surface area (Å²) in [4.78, 5) is 38.4. The quantitative estimate of drug-likeness (QED) is 0.235. The van der Waals surface area contributed by atoms with Gasteiger partial charge in [-0.3, -0.25) is 4.79 Å². The molecule has 0 aliphatic heterocycles. The van der Waals surface area contributed by atoms with Gasteiger partial charge in [0.2, 0.25) is 0 Å². The standard InChI is InChI=1S/C31H31N3O8/c1-5-40-23-15-13-21(14-16-23)32-26(35)19-42-24-17-12-20(18-25(24)41-6-2)28-27(30(36)38-3)29(31(37)39-4)34(33-28)22-10-8-7-9-11-22/h7-18H,5-6,19H2,1-4H3,(H,32,35). The number of methoxy groups -OCH3 is 2. The first-order valence-electron chi connectivity index (χ1n) is 13.2. The van der Waals surface area contributed by atoms with E-state index in [1.54, 1.807) is 73.7 Å². The molecule has 3 aromatic carbocycles. The van der Waals surface area contributed by atoms with Gasteiger partial charge in [0, 0.05) is 11.3 Å². The van der Waals surface area contributed by atoms with E-state index in [-0.39, 0.29) is 29.5 Å². The van der Waals surface area contributed by atoms with Crippen molar-refractivity contribution in [3.05, 3.63) is 84.1 Å². The third-order valence-electron chi connectivity index (χ3n) is 5.98. The van der Waals surface area contributed by atoms with Gasteiger partial charge in [-0.2, -0.15) is 5.10 Å². The lowest BCUT2D eigenvalue weighted by atomic mass is 10.0. The SMILES string of the molecule is CCOc1ccc(NC(=O)COc2ccc(-c3nn(-c4ccccc4)c(C(=O)OC)c3C(=O)OC)cc2OCC)cc1. The number of aromatic nitrogens is 2. The topological polar surface area (TPSA) is 127 Å². The first-order chi connectivity index (χ1) is 20.4. The summed E-state index contributed by atoms with van der Waals surface area (Å²) in [6.07, 6.45) is 0. The molecule has 0 saturated carbocycles. The molecule has 1 amide bonds. The van der Waals surface area contributed by atoms with Crippen LogP contribution in [0, 0.1) is 0 Å². The van der Waals surface area contributed by atoms with Gasteiger partial charge in [-0.15, -0.1) is 0 Å². The van der Waals surface area contributed by atoms with Crippen LogP contribution in [0.4, 0.5) is 5.69 Å². The number of rotatable bonds is 12. The van der Waals surface area contributed by atoms with Gasteiger partial charge >= 0.3 is 11.9 Å². The Bertz CT molecular complexity index is 1550. The second-order valence-corrected chi connectivity index (χ2v) is 8.69. The normalized spacial score (nSPS) is 10.5. The van der Waals surface area contributed by atoms with Crippen LogP contribution in [0.5, 0.6) is 17.2 Å². The number of amides is 1. The van der Waals surface area contributed by atoms with Crippen molar-refractivity contribution in [1.82, 2.24) is 9.78 Å². The molecule has 0 bridgehead atoms. The number of esters is 2. The van der Waals surface area contributed by atoms with Gasteiger partial charge in [0.15, 0.2) is 23.8 Å². The van der Waals surface area contributed by atoms with Crippen molar-refractivity contribution in [1.29, 1.82) is 0 Å². The van der Waals surface area contributed by atoms with Gasteiger partial charge in [-0.05, 0) is 68.4 Å². The van der Waals surface area contributed by atoms with E-state index in [4.69, 9.17) is 23.7 Å². The maximum atomic E-state index is 13.0. The number of hydrogen-bond acceptors (Lipinski definition) is 9. The highest BCUT2D eigenvalue weighted by Crippen LogP contribution is 2.36. The summed E-state index contributed by atoms with van der Waals surface area (Å²) < 4.78 is 28.3. The van der Waals surface area contributed by atoms with Crippen LogP contribution in [0.15, 0.2) is 72.8 Å². The zero-order valence-corrected chi connectivity index (χ0v) is 23.7. The molecule has 11 heteroatoms. The first kappa shape index (κ1) is 29.7. The molecule has 218 valence electrons. The monoisotopic (exact) mass is 573 g/mol. The van der Waals surface area contributed by atoms with E-state index in [2.05, 4.69) is 10.4 Å². The highest BCUT2D eigenvalue weighted by molar-refractivity contribution is 6.07. The van der Waals surface area contributed by atoms with Crippen molar-refractivity contribution < 1.29 is 38.1 Å². The summed E-state index contributed by atoms with van der Waals surface area (Å²) in [5.41, 5.74) is 1.60. The Morgan fingerprint density at radius 2 is 1.48 bits per heavy atom. The molecular formula is C31H31N3O8. The maximum Gasteiger partial charge on any atom is 0.357 e. The molecule has 0 fully saturated rings. The van der Waals surface area contributed by atoms with Gasteiger partial charge in [0.1, 0.15) is 17.0 Å². The molecule has 0 saturated heterocycles. The van der Waals surface area contributed by atoms with Gasteiger partial charge in [-0.25, -0.2) is 14.3 Å². The Hall–Kier alpha value is -5.32. The molecule has 1 heterocycles. The van der Waals surface area contributed by atoms with Crippen LogP contribution in [0.25, 0.3) is 16.9 Å². The first-order valence-corrected chi connectivity index (χ1v) is 13.2. The zero-order valence-electron chi connectivity index (χ0n) is 23.7. The number of nitrogens with one attached hydrogen (secondary N) is 1. The third kappa shape index (κ3) is 6.69. The van der Waals surface area contributed by atoms with Gasteiger partial charge in [0.05, 0.1) is 33.1 Å². The number of anilines is 1. The van der Waals surface area contributed by atoms with Gasteiger partial charge < -0.3 is 29.0 Å². The summed E-state index contributed by atoms with van der Waals surface area (Å²) in [5, 5.41) is 7.37. The second-order valence-electron chi connectivity index (χ2n) is 8.69. The van der Waals surface area contributed by atoms with Crippen LogP contribution in [0.1, 0.15) is 34.7 Å². The fourth-order valence-electron chi connectivity index (χ4n) is 4.14. The molecule has 42 heavy (non-hydrogen) atoms. The van der Waals surface area contributed by atoms with Crippen molar-refractivity contribution >= 4 is 23.5 Å². The van der Waals surface area contributed by atoms with Crippen molar-refractivity contribution in [2.75, 3.05) is 39.4 Å². The summed E-state index contributed by atoms with van der Waals surface area (Å²) in [7, 11) is 2.44. The Morgan fingerprint density at radius 1 is 0.786 bits per heavy atom. The molecule has 0 aliphatic rings. The highest BCUT2D eigenvalue weighted by atomic mass is 16.5. The predicted molar refractivity (Wildman–Crippen MR) is 155 cm³/mol. The van der Waals surface area contributed by atoms with E-state index >= 15 is 0 Å². The lowest BCUT2D eigenvalue weighted by molar-refractivity contribution is -0.118. The van der Waals surface area contributed by atoms with E-state index < -0.39 is 11.9 Å². The molecule has 0 aliphatic carbocycles. The van der Waals surface area contributed by atoms with Crippen LogP contribution in [0.3, 0.4) is 0 Å². The molecule has 0 radical (unpaired) electrons. The molecule has 0 spiro atoms. The molecular weight excluding hydrogens is 542 g/mol. The minimum absolute atomic E-state index is 0.0703. The fourth-order valence-corrected chi connectivity index (χ4v) is 4.14. The number of benzene rings is 3. The Labute approximate surface area is 242 Å². The Morgan fingerprint density at radius 3 is 2.12 bits per heavy atom. The average molecular weight is 574 g/mol. The molecule has 1 aromatic heterocycles. The van der Waals surface area contributed by atoms with Crippen LogP contribution >= 0.6 is 0 Å². The molecule has 4 aromatic rings. The lowest BCUT2D eigenvalue weighted by Crippen LogP contribution is -2.20. The number of ether oxygens (including phenoxy) is 5. The van der Waals surface area contributed by atoms with Crippen LogP contribution in [-0.2, 0) is 14.3 Å². The molecule has 4 rings (SSSR count). The van der Waals surface area contributed by atoms with E-state index in [1.807, 2.05) is 13.0 Å². The second kappa shape index (κ2) is 13.8. The number of carbonyl (C=O) groups excluding carboxylic acids is 3. The third-order valence-corrected chi connectivity index (χ3v) is 5.98. The average Bonchev–Trinajstić information content (AvgIpc) is 3.42. The Balaban J connectivity index is 1.65. The van der Waals surface area contributed by atoms with E-state index in [0.29, 0.717) is 47.4 Å². The summed E-state index contributed by atoms with van der Waals surface area (Å²) in [5.74, 6) is -0.580. The minimum Gasteiger partial charge on any atom is -0.494 e. The molecule has 0 unspecified atom stereocenters. The maximum absolute atomic E-state index is 13.0. The number of hydrogen-bond donors (Lipinski definition) is 1. The summed E-state index contributed by atoms with van der Waals surface area (Å²) >= 11 is 0. The largest absolute Gasteiger partial charge is 0.494 e. The molecule has 1 N–H and O–H groups in total. The van der Waals surface area contributed by atoms with Crippen molar-refractivity contribution in [2.45, 2.75) is 13.8 Å². The van der Waals surface area contributed by atoms with E-state index in [0.717, 1.165) is 0 Å². The van der Waals surface area contributed by atoms with Crippen LogP contribution < -0.4 is 19.5 Å². The van der Waals surface area contributed by atoms with Crippen LogP contribution in [0.2, 0.25) is 0 Å². The van der Waals surface area contributed by atoms with E-state index in [1.165, 1.54) is 18.9 Å². The highest BCUT2D eigenvalue weighted by Gasteiger charge is 2.31. The summed E-state index contributed by atoms with van der Waals surface area (Å²) in [6.45, 7) is 4.26. The lowest BCUT2D eigenvalue weighted by Gasteiger charge is -2.13. The molecule has 11 nitrogen and oxygen atoms in total. The number of para-hydroxylation sites is 1. The Kier molecular flexibility index (Phi) is 9.77. The number of nitrogens with zero attached hydrogens (tertiary/aromatic N) is 2. The predicted octanol–water partition coefficient (Wildman–Crippen LogP) is 4.93. The van der Waals surface area contributed by atoms with Gasteiger partial charge in [-0.1, -0.05) is 18.2 Å². The van der Waals surface area contributed by atoms with Crippen molar-refractivity contribution in [2.24, 2.45) is 0 Å². The number of carbonyl (C=O) groups is 3. The van der Waals surface area contributed by atoms with E-state index in [9.17, 15) is 14.4 Å². The summed E-state index contributed by atoms with van der Waals surface area (Å²) in [6, 6.07) is 20.7. The van der Waals surface area contributed by atoms with Crippen molar-refractivity contribution in [3.8, 4) is 34.2 Å². The van der Waals surface area contributed by atoms with Gasteiger partial charge in [0.25, 0.3) is 5.91 Å².